The molecule has 0 heterocycles. The highest BCUT2D eigenvalue weighted by Crippen LogP contribution is 2.17. The first-order valence-electron chi connectivity index (χ1n) is 4.78. The molecule has 16 heavy (non-hydrogen) atoms. The number of aliphatic carboxylic acids is 1. The Kier molecular flexibility index (Phi) is 4.44. The minimum absolute atomic E-state index is 0.263. The van der Waals surface area contributed by atoms with Crippen molar-refractivity contribution in [1.82, 2.24) is 4.90 Å². The molecule has 0 aliphatic carbocycles. The van der Waals surface area contributed by atoms with Gasteiger partial charge in [0.15, 0.2) is 0 Å². The van der Waals surface area contributed by atoms with Crippen molar-refractivity contribution in [3.63, 3.8) is 0 Å². The van der Waals surface area contributed by atoms with Gasteiger partial charge in [-0.2, -0.15) is 0 Å². The Morgan fingerprint density at radius 2 is 2.25 bits per heavy atom. The number of hydrogen-bond donors (Lipinski definition) is 1. The van der Waals surface area contributed by atoms with Crippen molar-refractivity contribution in [2.24, 2.45) is 0 Å². The van der Waals surface area contributed by atoms with Crippen molar-refractivity contribution in [1.29, 1.82) is 0 Å². The molecule has 0 saturated heterocycles. The summed E-state index contributed by atoms with van der Waals surface area (Å²) in [4.78, 5) is 12.3. The van der Waals surface area contributed by atoms with E-state index < -0.39 is 12.0 Å². The zero-order valence-corrected chi connectivity index (χ0v) is 10.7. The molecule has 1 aromatic rings. The molecule has 0 radical (unpaired) electrons. The van der Waals surface area contributed by atoms with Gasteiger partial charge < -0.3 is 5.11 Å². The van der Waals surface area contributed by atoms with Gasteiger partial charge in [-0.15, -0.1) is 0 Å². The van der Waals surface area contributed by atoms with E-state index in [2.05, 4.69) is 15.9 Å². The highest BCUT2D eigenvalue weighted by Gasteiger charge is 2.17. The number of likely N-dealkylation sites (N-methyl/N-ethyl adjacent to an activating group) is 1. The lowest BCUT2D eigenvalue weighted by atomic mass is 10.2. The number of carboxylic acids is 1. The summed E-state index contributed by atoms with van der Waals surface area (Å²) < 4.78 is 14.2. The third-order valence-corrected chi connectivity index (χ3v) is 2.94. The zero-order chi connectivity index (χ0) is 12.3. The van der Waals surface area contributed by atoms with Crippen LogP contribution in [0, 0.1) is 5.82 Å². The smallest absolute Gasteiger partial charge is 0.320 e. The maximum Gasteiger partial charge on any atom is 0.320 e. The van der Waals surface area contributed by atoms with E-state index in [4.69, 9.17) is 5.11 Å². The molecule has 1 aromatic carbocycles. The first kappa shape index (κ1) is 13.1. The van der Waals surface area contributed by atoms with E-state index in [1.165, 1.54) is 6.07 Å². The molecule has 1 atom stereocenters. The summed E-state index contributed by atoms with van der Waals surface area (Å²) in [6.45, 7) is 1.83. The van der Waals surface area contributed by atoms with Crippen molar-refractivity contribution in [3.8, 4) is 0 Å². The van der Waals surface area contributed by atoms with Crippen LogP contribution in [0.15, 0.2) is 22.7 Å². The zero-order valence-electron chi connectivity index (χ0n) is 9.08. The van der Waals surface area contributed by atoms with E-state index in [1.54, 1.807) is 31.0 Å². The van der Waals surface area contributed by atoms with Gasteiger partial charge in [-0.1, -0.05) is 15.9 Å². The average Bonchev–Trinajstić information content (AvgIpc) is 2.22. The minimum atomic E-state index is -0.919. The Labute approximate surface area is 102 Å². The minimum Gasteiger partial charge on any atom is -0.480 e. The van der Waals surface area contributed by atoms with Gasteiger partial charge in [0.2, 0.25) is 0 Å². The summed E-state index contributed by atoms with van der Waals surface area (Å²) in [7, 11) is 1.65. The Morgan fingerprint density at radius 1 is 1.62 bits per heavy atom. The van der Waals surface area contributed by atoms with Crippen molar-refractivity contribution in [2.45, 2.75) is 19.5 Å². The van der Waals surface area contributed by atoms with Gasteiger partial charge in [-0.05, 0) is 32.2 Å². The number of halogens is 2. The summed E-state index contributed by atoms with van der Waals surface area (Å²) in [5.41, 5.74) is 0.477. The lowest BCUT2D eigenvalue weighted by Gasteiger charge is -2.21. The lowest BCUT2D eigenvalue weighted by Crippen LogP contribution is -2.35. The number of carboxylic acid groups (broad SMARTS) is 1. The quantitative estimate of drug-likeness (QED) is 0.926. The van der Waals surface area contributed by atoms with Crippen LogP contribution in [-0.4, -0.2) is 29.1 Å². The number of nitrogens with zero attached hydrogens (tertiary/aromatic N) is 1. The third kappa shape index (κ3) is 3.28. The van der Waals surface area contributed by atoms with Crippen LogP contribution in [0.3, 0.4) is 0 Å². The monoisotopic (exact) mass is 289 g/mol. The van der Waals surface area contributed by atoms with Crippen LogP contribution in [-0.2, 0) is 11.3 Å². The van der Waals surface area contributed by atoms with Gasteiger partial charge in [0.05, 0.1) is 0 Å². The highest BCUT2D eigenvalue weighted by atomic mass is 79.9. The summed E-state index contributed by atoms with van der Waals surface area (Å²) in [6.07, 6.45) is 0. The molecule has 1 N–H and O–H groups in total. The normalized spacial score (nSPS) is 12.8. The van der Waals surface area contributed by atoms with Gasteiger partial charge in [-0.25, -0.2) is 4.39 Å². The summed E-state index contributed by atoms with van der Waals surface area (Å²) in [5.74, 6) is -1.24. The van der Waals surface area contributed by atoms with Gasteiger partial charge in [-0.3, -0.25) is 9.69 Å². The first-order chi connectivity index (χ1) is 7.41. The fraction of sp³-hybridized carbons (Fsp3) is 0.364. The maximum absolute atomic E-state index is 13.4. The van der Waals surface area contributed by atoms with E-state index in [0.29, 0.717) is 5.56 Å². The maximum atomic E-state index is 13.4. The largest absolute Gasteiger partial charge is 0.480 e. The van der Waals surface area contributed by atoms with Crippen molar-refractivity contribution >= 4 is 21.9 Å². The number of benzene rings is 1. The molecule has 0 amide bonds. The van der Waals surface area contributed by atoms with Crippen LogP contribution in [0.2, 0.25) is 0 Å². The van der Waals surface area contributed by atoms with E-state index in [-0.39, 0.29) is 12.4 Å². The molecule has 0 fully saturated rings. The van der Waals surface area contributed by atoms with Gasteiger partial charge in [0.25, 0.3) is 0 Å². The molecule has 1 rings (SSSR count). The Balaban J connectivity index is 2.80. The molecule has 0 saturated carbocycles. The Hall–Kier alpha value is -0.940. The molecule has 0 aliphatic heterocycles. The van der Waals surface area contributed by atoms with Gasteiger partial charge in [0, 0.05) is 16.6 Å². The molecular weight excluding hydrogens is 277 g/mol. The molecule has 0 bridgehead atoms. The lowest BCUT2D eigenvalue weighted by molar-refractivity contribution is -0.142. The molecule has 0 aliphatic rings. The van der Waals surface area contributed by atoms with Gasteiger partial charge >= 0.3 is 5.97 Å². The number of carbonyl (C=O) groups is 1. The van der Waals surface area contributed by atoms with Crippen LogP contribution >= 0.6 is 15.9 Å². The SMILES string of the molecule is CC(C(=O)O)N(C)Cc1cc(Br)ccc1F. The van der Waals surface area contributed by atoms with Crippen molar-refractivity contribution in [3.05, 3.63) is 34.1 Å². The highest BCUT2D eigenvalue weighted by molar-refractivity contribution is 9.10. The molecule has 1 unspecified atom stereocenters. The second kappa shape index (κ2) is 5.41. The first-order valence-corrected chi connectivity index (χ1v) is 5.58. The van der Waals surface area contributed by atoms with E-state index in [9.17, 15) is 9.18 Å². The summed E-state index contributed by atoms with van der Waals surface area (Å²) >= 11 is 3.25. The van der Waals surface area contributed by atoms with Crippen LogP contribution in [0.5, 0.6) is 0 Å². The molecule has 0 aromatic heterocycles. The topological polar surface area (TPSA) is 40.5 Å². The molecule has 5 heteroatoms. The average molecular weight is 290 g/mol. The van der Waals surface area contributed by atoms with Crippen LogP contribution < -0.4 is 0 Å². The standard InChI is InChI=1S/C11H13BrFNO2/c1-7(11(15)16)14(2)6-8-5-9(12)3-4-10(8)13/h3-5,7H,6H2,1-2H3,(H,15,16). The molecule has 3 nitrogen and oxygen atoms in total. The molecule has 0 spiro atoms. The van der Waals surface area contributed by atoms with Crippen molar-refractivity contribution in [2.75, 3.05) is 7.05 Å². The van der Waals surface area contributed by atoms with Crippen molar-refractivity contribution < 1.29 is 14.3 Å². The summed E-state index contributed by atoms with van der Waals surface area (Å²) in [6, 6.07) is 3.98. The Bertz CT molecular complexity index is 398. The fourth-order valence-corrected chi connectivity index (χ4v) is 1.67. The van der Waals surface area contributed by atoms with E-state index >= 15 is 0 Å². The predicted molar refractivity (Wildman–Crippen MR) is 62.7 cm³/mol. The predicted octanol–water partition coefficient (Wildman–Crippen LogP) is 2.49. The number of rotatable bonds is 4. The van der Waals surface area contributed by atoms with E-state index in [0.717, 1.165) is 4.47 Å². The third-order valence-electron chi connectivity index (χ3n) is 2.45. The molecular formula is C11H13BrFNO2. The second-order valence-corrected chi connectivity index (χ2v) is 4.58. The van der Waals surface area contributed by atoms with E-state index in [1.807, 2.05) is 0 Å². The van der Waals surface area contributed by atoms with Gasteiger partial charge in [0.1, 0.15) is 11.9 Å². The Morgan fingerprint density at radius 3 is 2.81 bits per heavy atom. The van der Waals surface area contributed by atoms with Crippen LogP contribution in [0.25, 0.3) is 0 Å². The molecule has 88 valence electrons. The van der Waals surface area contributed by atoms with Crippen LogP contribution in [0.4, 0.5) is 4.39 Å². The second-order valence-electron chi connectivity index (χ2n) is 3.67. The van der Waals surface area contributed by atoms with Crippen LogP contribution in [0.1, 0.15) is 12.5 Å². The summed E-state index contributed by atoms with van der Waals surface area (Å²) in [5, 5.41) is 8.81. The fourth-order valence-electron chi connectivity index (χ4n) is 1.26. The number of hydrogen-bond acceptors (Lipinski definition) is 2.